The molecule has 0 bridgehead atoms. The number of halogens is 3. The zero-order valence-corrected chi connectivity index (χ0v) is 9.09. The Bertz CT molecular complexity index is 478. The van der Waals surface area contributed by atoms with E-state index in [0.29, 0.717) is 12.1 Å². The minimum atomic E-state index is -1.80. The zero-order chi connectivity index (χ0) is 13.7. The predicted octanol–water partition coefficient (Wildman–Crippen LogP) is 2.20. The lowest BCUT2D eigenvalue weighted by molar-refractivity contribution is 0.0124. The van der Waals surface area contributed by atoms with Crippen molar-refractivity contribution in [2.45, 2.75) is 18.6 Å². The molecule has 0 amide bonds. The van der Waals surface area contributed by atoms with Crippen molar-refractivity contribution in [3.8, 4) is 0 Å². The Balaban J connectivity index is 2.89. The van der Waals surface area contributed by atoms with Crippen molar-refractivity contribution >= 4 is 0 Å². The lowest BCUT2D eigenvalue weighted by atomic mass is 10.0. The number of hydrogen-bond donors (Lipinski definition) is 2. The fourth-order valence-corrected chi connectivity index (χ4v) is 1.39. The second-order valence-electron chi connectivity index (χ2n) is 3.55. The second kappa shape index (κ2) is 6.25. The minimum absolute atomic E-state index is 0.131. The first-order valence-corrected chi connectivity index (χ1v) is 4.98. The van der Waals surface area contributed by atoms with Crippen LogP contribution in [0.3, 0.4) is 0 Å². The van der Waals surface area contributed by atoms with Crippen molar-refractivity contribution in [3.63, 3.8) is 0 Å². The highest BCUT2D eigenvalue weighted by atomic mass is 19.2. The number of benzene rings is 1. The lowest BCUT2D eigenvalue weighted by Gasteiger charge is -2.18. The molecule has 0 aromatic heterocycles. The summed E-state index contributed by atoms with van der Waals surface area (Å²) in [6.07, 6.45) is -3.46. The van der Waals surface area contributed by atoms with Crippen LogP contribution in [0.25, 0.3) is 10.4 Å². The van der Waals surface area contributed by atoms with Crippen LogP contribution < -0.4 is 0 Å². The molecule has 0 heterocycles. The van der Waals surface area contributed by atoms with Crippen LogP contribution in [0.2, 0.25) is 0 Å². The summed E-state index contributed by atoms with van der Waals surface area (Å²) in [6, 6.07) is 0.928. The van der Waals surface area contributed by atoms with Crippen LogP contribution in [0.5, 0.6) is 0 Å². The molecule has 1 aromatic carbocycles. The Morgan fingerprint density at radius 3 is 2.56 bits per heavy atom. The molecule has 0 aliphatic heterocycles. The Morgan fingerprint density at radius 2 is 1.94 bits per heavy atom. The molecule has 18 heavy (non-hydrogen) atoms. The number of hydrogen-bond acceptors (Lipinski definition) is 3. The number of aliphatic hydroxyl groups is 2. The molecule has 5 nitrogen and oxygen atoms in total. The van der Waals surface area contributed by atoms with Crippen molar-refractivity contribution in [3.05, 3.63) is 45.6 Å². The van der Waals surface area contributed by atoms with Gasteiger partial charge in [0.2, 0.25) is 0 Å². The van der Waals surface area contributed by atoms with Gasteiger partial charge in [0.05, 0.1) is 6.10 Å². The molecule has 98 valence electrons. The third-order valence-electron chi connectivity index (χ3n) is 2.29. The number of aliphatic hydroxyl groups excluding tert-OH is 2. The van der Waals surface area contributed by atoms with Gasteiger partial charge in [-0.15, -0.1) is 0 Å². The van der Waals surface area contributed by atoms with Gasteiger partial charge < -0.3 is 10.2 Å². The van der Waals surface area contributed by atoms with Crippen LogP contribution >= 0.6 is 0 Å². The molecule has 2 atom stereocenters. The lowest BCUT2D eigenvalue weighted by Crippen LogP contribution is -2.20. The first-order valence-electron chi connectivity index (χ1n) is 4.98. The standard InChI is InChI=1S/C10H10F3N3O2/c11-5-3-6(9(13)7(12)4-5)10(18)8(17)1-2-15-16-14/h3-4,8,10,17-18H,1-2H2. The molecule has 1 aromatic rings. The molecule has 2 unspecified atom stereocenters. The predicted molar refractivity (Wildman–Crippen MR) is 55.9 cm³/mol. The minimum Gasteiger partial charge on any atom is -0.390 e. The summed E-state index contributed by atoms with van der Waals surface area (Å²) in [4.78, 5) is 2.42. The van der Waals surface area contributed by atoms with Gasteiger partial charge >= 0.3 is 0 Å². The van der Waals surface area contributed by atoms with Gasteiger partial charge in [0, 0.05) is 23.1 Å². The van der Waals surface area contributed by atoms with E-state index in [4.69, 9.17) is 5.53 Å². The molecule has 0 saturated heterocycles. The normalized spacial score (nSPS) is 13.8. The van der Waals surface area contributed by atoms with E-state index in [0.717, 1.165) is 0 Å². The molecule has 0 saturated carbocycles. The zero-order valence-electron chi connectivity index (χ0n) is 9.09. The van der Waals surface area contributed by atoms with Crippen molar-refractivity contribution in [1.82, 2.24) is 0 Å². The molecule has 0 fully saturated rings. The summed E-state index contributed by atoms with van der Waals surface area (Å²) < 4.78 is 39.1. The van der Waals surface area contributed by atoms with E-state index >= 15 is 0 Å². The van der Waals surface area contributed by atoms with Crippen LogP contribution in [0, 0.1) is 17.5 Å². The SMILES string of the molecule is [N-]=[N+]=NCCC(O)C(O)c1cc(F)cc(F)c1F. The second-order valence-corrected chi connectivity index (χ2v) is 3.55. The van der Waals surface area contributed by atoms with Crippen molar-refractivity contribution in [2.24, 2.45) is 5.11 Å². The Morgan fingerprint density at radius 1 is 1.28 bits per heavy atom. The van der Waals surface area contributed by atoms with E-state index in [1.165, 1.54) is 0 Å². The molecular weight excluding hydrogens is 251 g/mol. The van der Waals surface area contributed by atoms with Gasteiger partial charge in [-0.25, -0.2) is 13.2 Å². The van der Waals surface area contributed by atoms with Crippen molar-refractivity contribution in [2.75, 3.05) is 6.54 Å². The first kappa shape index (κ1) is 14.3. The van der Waals surface area contributed by atoms with Crippen molar-refractivity contribution < 1.29 is 23.4 Å². The van der Waals surface area contributed by atoms with E-state index < -0.39 is 35.2 Å². The number of nitrogens with zero attached hydrogens (tertiary/aromatic N) is 3. The average Bonchev–Trinajstić information content (AvgIpc) is 2.33. The number of rotatable bonds is 5. The third-order valence-corrected chi connectivity index (χ3v) is 2.29. The quantitative estimate of drug-likeness (QED) is 0.368. The molecule has 8 heteroatoms. The van der Waals surface area contributed by atoms with E-state index in [1.54, 1.807) is 0 Å². The monoisotopic (exact) mass is 261 g/mol. The number of azide groups is 1. The first-order chi connectivity index (χ1) is 8.47. The van der Waals surface area contributed by atoms with E-state index in [2.05, 4.69) is 10.0 Å². The average molecular weight is 261 g/mol. The molecular formula is C10H10F3N3O2. The maximum atomic E-state index is 13.3. The fourth-order valence-electron chi connectivity index (χ4n) is 1.39. The summed E-state index contributed by atoms with van der Waals surface area (Å²) in [5.41, 5.74) is 7.33. The van der Waals surface area contributed by atoms with Crippen LogP contribution in [0.15, 0.2) is 17.2 Å². The third kappa shape index (κ3) is 3.36. The summed E-state index contributed by atoms with van der Waals surface area (Å²) in [6.45, 7) is -0.131. The molecule has 0 radical (unpaired) electrons. The van der Waals surface area contributed by atoms with E-state index in [-0.39, 0.29) is 13.0 Å². The molecule has 2 N–H and O–H groups in total. The Labute approximate surface area is 100 Å². The maximum Gasteiger partial charge on any atom is 0.164 e. The van der Waals surface area contributed by atoms with Gasteiger partial charge in [0.25, 0.3) is 0 Å². The Hall–Kier alpha value is -1.76. The van der Waals surface area contributed by atoms with Crippen LogP contribution in [-0.2, 0) is 0 Å². The van der Waals surface area contributed by atoms with E-state index in [9.17, 15) is 23.4 Å². The summed E-state index contributed by atoms with van der Waals surface area (Å²) in [7, 11) is 0. The molecule has 0 spiro atoms. The van der Waals surface area contributed by atoms with Gasteiger partial charge in [0.15, 0.2) is 11.6 Å². The van der Waals surface area contributed by atoms with Gasteiger partial charge in [-0.05, 0) is 18.0 Å². The fraction of sp³-hybridized carbons (Fsp3) is 0.400. The topological polar surface area (TPSA) is 89.2 Å². The summed E-state index contributed by atoms with van der Waals surface area (Å²) in [5.74, 6) is -3.94. The summed E-state index contributed by atoms with van der Waals surface area (Å²) in [5, 5.41) is 22.1. The van der Waals surface area contributed by atoms with Crippen LogP contribution in [-0.4, -0.2) is 22.9 Å². The maximum absolute atomic E-state index is 13.3. The van der Waals surface area contributed by atoms with Crippen LogP contribution in [0.1, 0.15) is 18.1 Å². The smallest absolute Gasteiger partial charge is 0.164 e. The van der Waals surface area contributed by atoms with Gasteiger partial charge in [-0.2, -0.15) is 0 Å². The summed E-state index contributed by atoms with van der Waals surface area (Å²) >= 11 is 0. The van der Waals surface area contributed by atoms with Crippen molar-refractivity contribution in [1.29, 1.82) is 0 Å². The largest absolute Gasteiger partial charge is 0.390 e. The highest BCUT2D eigenvalue weighted by molar-refractivity contribution is 5.23. The van der Waals surface area contributed by atoms with Crippen LogP contribution in [0.4, 0.5) is 13.2 Å². The molecule has 0 aliphatic carbocycles. The van der Waals surface area contributed by atoms with Gasteiger partial charge in [-0.3, -0.25) is 0 Å². The van der Waals surface area contributed by atoms with Gasteiger partial charge in [-0.1, -0.05) is 5.11 Å². The molecule has 1 rings (SSSR count). The highest BCUT2D eigenvalue weighted by Crippen LogP contribution is 2.24. The Kier molecular flexibility index (Phi) is 4.96. The molecule has 0 aliphatic rings. The van der Waals surface area contributed by atoms with E-state index in [1.807, 2.05) is 0 Å². The highest BCUT2D eigenvalue weighted by Gasteiger charge is 2.24. The van der Waals surface area contributed by atoms with Gasteiger partial charge in [0.1, 0.15) is 11.9 Å².